The van der Waals surface area contributed by atoms with Crippen molar-refractivity contribution in [1.29, 1.82) is 0 Å². The van der Waals surface area contributed by atoms with E-state index in [0.29, 0.717) is 45.3 Å². The molecule has 2 fully saturated rings. The lowest BCUT2D eigenvalue weighted by Crippen LogP contribution is -2.50. The molecule has 2 heterocycles. The maximum absolute atomic E-state index is 13.1. The lowest BCUT2D eigenvalue weighted by Gasteiger charge is -2.36. The van der Waals surface area contributed by atoms with Gasteiger partial charge in [-0.25, -0.2) is 8.42 Å². The monoisotopic (exact) mass is 385 g/mol. The summed E-state index contributed by atoms with van der Waals surface area (Å²) in [6.45, 7) is 5.04. The Balaban J connectivity index is 1.69. The number of nitrogens with zero attached hydrogens (tertiary/aromatic N) is 1. The molecule has 0 aliphatic carbocycles. The van der Waals surface area contributed by atoms with Gasteiger partial charge in [-0.2, -0.15) is 4.31 Å². The molecule has 7 nitrogen and oxygen atoms in total. The van der Waals surface area contributed by atoms with Crippen molar-refractivity contribution in [3.63, 3.8) is 0 Å². The van der Waals surface area contributed by atoms with Gasteiger partial charge in [0.1, 0.15) is 12.4 Å². The van der Waals surface area contributed by atoms with E-state index in [4.69, 9.17) is 18.9 Å². The Morgan fingerprint density at radius 3 is 2.54 bits per heavy atom. The summed E-state index contributed by atoms with van der Waals surface area (Å²) in [6, 6.07) is 6.28. The first kappa shape index (κ1) is 19.6. The largest absolute Gasteiger partial charge is 0.491 e. The van der Waals surface area contributed by atoms with Gasteiger partial charge in [0.05, 0.1) is 30.8 Å². The molecule has 0 spiro atoms. The zero-order chi connectivity index (χ0) is 18.4. The summed E-state index contributed by atoms with van der Waals surface area (Å²) in [4.78, 5) is 0.263. The van der Waals surface area contributed by atoms with E-state index in [2.05, 4.69) is 0 Å². The third-order valence-corrected chi connectivity index (χ3v) is 6.53. The molecule has 0 saturated carbocycles. The number of hydrogen-bond acceptors (Lipinski definition) is 6. The van der Waals surface area contributed by atoms with E-state index >= 15 is 0 Å². The maximum Gasteiger partial charge on any atom is 0.243 e. The molecular weight excluding hydrogens is 358 g/mol. The molecule has 1 aromatic rings. The Hall–Kier alpha value is -1.19. The van der Waals surface area contributed by atoms with Crippen molar-refractivity contribution in [2.24, 2.45) is 0 Å². The normalized spacial score (nSPS) is 22.6. The molecule has 8 heteroatoms. The highest BCUT2D eigenvalue weighted by molar-refractivity contribution is 7.89. The lowest BCUT2D eigenvalue weighted by molar-refractivity contribution is -0.0913. The first-order valence-corrected chi connectivity index (χ1v) is 10.6. The van der Waals surface area contributed by atoms with Gasteiger partial charge in [0.2, 0.25) is 10.0 Å². The molecule has 0 radical (unpaired) electrons. The van der Waals surface area contributed by atoms with Crippen LogP contribution < -0.4 is 4.74 Å². The zero-order valence-corrected chi connectivity index (χ0v) is 15.9. The van der Waals surface area contributed by atoms with Crippen LogP contribution in [0.2, 0.25) is 0 Å². The molecule has 0 bridgehead atoms. The average molecular weight is 385 g/mol. The van der Waals surface area contributed by atoms with E-state index in [1.54, 1.807) is 24.3 Å². The number of hydrogen-bond donors (Lipinski definition) is 0. The summed E-state index contributed by atoms with van der Waals surface area (Å²) >= 11 is 0. The molecule has 0 aromatic heterocycles. The Bertz CT molecular complexity index is 657. The summed E-state index contributed by atoms with van der Waals surface area (Å²) in [5.74, 6) is 0.626. The third-order valence-electron chi connectivity index (χ3n) is 4.59. The second kappa shape index (κ2) is 9.14. The van der Waals surface area contributed by atoms with Gasteiger partial charge in [-0.05, 0) is 44.0 Å². The zero-order valence-electron chi connectivity index (χ0n) is 15.1. The molecular formula is C18H27NO6S. The first-order chi connectivity index (χ1) is 12.6. The van der Waals surface area contributed by atoms with Gasteiger partial charge in [0.25, 0.3) is 0 Å². The standard InChI is InChI=1S/C18H27NO6S/c1-2-22-11-12-23-15-6-8-16(9-7-15)26(20,21)19-10-4-3-5-17(19)18-24-13-14-25-18/h6-9,17-18H,2-5,10-14H2,1H3. The van der Waals surface area contributed by atoms with Crippen LogP contribution in [0.15, 0.2) is 29.2 Å². The van der Waals surface area contributed by atoms with Crippen LogP contribution in [0.5, 0.6) is 5.75 Å². The van der Waals surface area contributed by atoms with E-state index in [1.165, 1.54) is 4.31 Å². The molecule has 1 aromatic carbocycles. The molecule has 0 N–H and O–H groups in total. The van der Waals surface area contributed by atoms with Crippen LogP contribution in [0, 0.1) is 0 Å². The van der Waals surface area contributed by atoms with Crippen molar-refractivity contribution in [3.8, 4) is 5.75 Å². The highest BCUT2D eigenvalue weighted by Gasteiger charge is 2.40. The summed E-state index contributed by atoms with van der Waals surface area (Å²) in [5.41, 5.74) is 0. The van der Waals surface area contributed by atoms with Gasteiger partial charge in [-0.3, -0.25) is 0 Å². The van der Waals surface area contributed by atoms with Crippen LogP contribution in [0.25, 0.3) is 0 Å². The predicted octanol–water partition coefficient (Wildman–Crippen LogP) is 2.02. The fourth-order valence-corrected chi connectivity index (χ4v) is 4.99. The molecule has 2 aliphatic heterocycles. The topological polar surface area (TPSA) is 74.3 Å². The maximum atomic E-state index is 13.1. The SMILES string of the molecule is CCOCCOc1ccc(S(=O)(=O)N2CCCCC2C2OCCO2)cc1. The number of ether oxygens (including phenoxy) is 4. The minimum atomic E-state index is -3.60. The summed E-state index contributed by atoms with van der Waals surface area (Å²) in [7, 11) is -3.60. The van der Waals surface area contributed by atoms with Gasteiger partial charge >= 0.3 is 0 Å². The second-order valence-electron chi connectivity index (χ2n) is 6.31. The van der Waals surface area contributed by atoms with Crippen LogP contribution >= 0.6 is 0 Å². The van der Waals surface area contributed by atoms with Crippen molar-refractivity contribution in [3.05, 3.63) is 24.3 Å². The number of sulfonamides is 1. The molecule has 146 valence electrons. The van der Waals surface area contributed by atoms with Crippen LogP contribution in [0.1, 0.15) is 26.2 Å². The summed E-state index contributed by atoms with van der Waals surface area (Å²) in [5, 5.41) is 0. The van der Waals surface area contributed by atoms with E-state index < -0.39 is 16.3 Å². The van der Waals surface area contributed by atoms with Gasteiger partial charge in [-0.1, -0.05) is 6.42 Å². The van der Waals surface area contributed by atoms with Crippen LogP contribution in [-0.2, 0) is 24.2 Å². The summed E-state index contributed by atoms with van der Waals surface area (Å²) < 4.78 is 49.7. The van der Waals surface area contributed by atoms with E-state index in [1.807, 2.05) is 6.92 Å². The molecule has 0 amide bonds. The second-order valence-corrected chi connectivity index (χ2v) is 8.20. The predicted molar refractivity (Wildman–Crippen MR) is 95.7 cm³/mol. The smallest absolute Gasteiger partial charge is 0.243 e. The van der Waals surface area contributed by atoms with Crippen molar-refractivity contribution in [1.82, 2.24) is 4.31 Å². The molecule has 1 unspecified atom stereocenters. The van der Waals surface area contributed by atoms with Crippen LogP contribution in [-0.4, -0.2) is 64.6 Å². The number of rotatable bonds is 8. The highest BCUT2D eigenvalue weighted by Crippen LogP contribution is 2.30. The van der Waals surface area contributed by atoms with Gasteiger partial charge in [0, 0.05) is 13.2 Å². The molecule has 26 heavy (non-hydrogen) atoms. The van der Waals surface area contributed by atoms with Gasteiger partial charge in [-0.15, -0.1) is 0 Å². The van der Waals surface area contributed by atoms with Gasteiger partial charge in [0.15, 0.2) is 6.29 Å². The van der Waals surface area contributed by atoms with Crippen molar-refractivity contribution in [2.75, 3.05) is 39.6 Å². The van der Waals surface area contributed by atoms with E-state index in [-0.39, 0.29) is 10.9 Å². The van der Waals surface area contributed by atoms with Crippen LogP contribution in [0.3, 0.4) is 0 Å². The number of benzene rings is 1. The number of piperidine rings is 1. The Labute approximate surface area is 155 Å². The molecule has 3 rings (SSSR count). The minimum absolute atomic E-state index is 0.263. The quantitative estimate of drug-likeness (QED) is 0.638. The Kier molecular flexibility index (Phi) is 6.88. The fourth-order valence-electron chi connectivity index (χ4n) is 3.31. The van der Waals surface area contributed by atoms with Gasteiger partial charge < -0.3 is 18.9 Å². The molecule has 1 atom stereocenters. The van der Waals surface area contributed by atoms with E-state index in [0.717, 1.165) is 19.3 Å². The molecule has 2 saturated heterocycles. The first-order valence-electron chi connectivity index (χ1n) is 9.18. The average Bonchev–Trinajstić information content (AvgIpc) is 3.20. The van der Waals surface area contributed by atoms with Crippen molar-refractivity contribution >= 4 is 10.0 Å². The minimum Gasteiger partial charge on any atom is -0.491 e. The third kappa shape index (κ3) is 4.55. The summed E-state index contributed by atoms with van der Waals surface area (Å²) in [6.07, 6.45) is 2.11. The van der Waals surface area contributed by atoms with Crippen LogP contribution in [0.4, 0.5) is 0 Å². The Morgan fingerprint density at radius 1 is 1.12 bits per heavy atom. The molecule has 2 aliphatic rings. The highest BCUT2D eigenvalue weighted by atomic mass is 32.2. The Morgan fingerprint density at radius 2 is 1.85 bits per heavy atom. The van der Waals surface area contributed by atoms with E-state index in [9.17, 15) is 8.42 Å². The van der Waals surface area contributed by atoms with Crippen molar-refractivity contribution < 1.29 is 27.4 Å². The van der Waals surface area contributed by atoms with Crippen molar-refractivity contribution in [2.45, 2.75) is 43.4 Å². The lowest BCUT2D eigenvalue weighted by atomic mass is 10.0. The fraction of sp³-hybridized carbons (Fsp3) is 0.667.